The molecule has 3 rings (SSSR count). The number of halogens is 1. The number of fused-ring (bicyclic) bond motifs is 1. The van der Waals surface area contributed by atoms with Gasteiger partial charge in [-0.1, -0.05) is 18.2 Å². The van der Waals surface area contributed by atoms with Gasteiger partial charge in [0.2, 0.25) is 5.78 Å². The molecule has 0 saturated heterocycles. The van der Waals surface area contributed by atoms with Crippen LogP contribution in [0.15, 0.2) is 52.9 Å². The van der Waals surface area contributed by atoms with E-state index in [0.717, 1.165) is 8.96 Å². The fourth-order valence-corrected chi connectivity index (χ4v) is 2.56. The van der Waals surface area contributed by atoms with Gasteiger partial charge in [-0.05, 0) is 52.9 Å². The van der Waals surface area contributed by atoms with E-state index in [-0.39, 0.29) is 17.1 Å². The molecule has 0 radical (unpaired) electrons. The van der Waals surface area contributed by atoms with Gasteiger partial charge in [0.05, 0.1) is 0 Å². The van der Waals surface area contributed by atoms with Crippen LogP contribution in [0.1, 0.15) is 20.9 Å². The van der Waals surface area contributed by atoms with Crippen LogP contribution in [0.3, 0.4) is 0 Å². The maximum atomic E-state index is 12.1. The number of esters is 1. The Labute approximate surface area is 145 Å². The maximum absolute atomic E-state index is 12.1. The molecule has 3 aromatic rings. The largest absolute Gasteiger partial charge is 0.507 e. The highest BCUT2D eigenvalue weighted by Gasteiger charge is 2.18. The summed E-state index contributed by atoms with van der Waals surface area (Å²) in [5.41, 5.74) is 0.617. The summed E-state index contributed by atoms with van der Waals surface area (Å²) in [7, 11) is 0. The molecule has 0 aliphatic carbocycles. The van der Waals surface area contributed by atoms with E-state index in [1.165, 1.54) is 12.1 Å². The Kier molecular flexibility index (Phi) is 4.33. The molecule has 1 heterocycles. The van der Waals surface area contributed by atoms with Gasteiger partial charge in [0, 0.05) is 8.96 Å². The number of hydrogen-bond acceptors (Lipinski definition) is 5. The number of carbonyl (C=O) groups excluding carboxylic acids is 2. The van der Waals surface area contributed by atoms with E-state index in [2.05, 4.69) is 0 Å². The number of Topliss-reactive ketones (excluding diaryl/α,β-unsaturated/α-hetero) is 1. The third kappa shape index (κ3) is 3.37. The van der Waals surface area contributed by atoms with E-state index in [1.54, 1.807) is 24.3 Å². The van der Waals surface area contributed by atoms with E-state index in [4.69, 9.17) is 9.15 Å². The average Bonchev–Trinajstić information content (AvgIpc) is 2.98. The molecule has 0 fully saturated rings. The van der Waals surface area contributed by atoms with Crippen molar-refractivity contribution in [1.82, 2.24) is 0 Å². The number of aromatic hydroxyl groups is 1. The van der Waals surface area contributed by atoms with Crippen LogP contribution >= 0.6 is 22.6 Å². The molecule has 2 aromatic carbocycles. The van der Waals surface area contributed by atoms with Crippen LogP contribution in [0.25, 0.3) is 11.0 Å². The minimum absolute atomic E-state index is 0.0225. The fourth-order valence-electron chi connectivity index (χ4n) is 2.07. The van der Waals surface area contributed by atoms with Crippen LogP contribution in [-0.2, 0) is 4.74 Å². The SMILES string of the molecule is O=C(COC(=O)c1cc(I)ccc1O)c1cc2ccccc2o1. The predicted molar refractivity (Wildman–Crippen MR) is 91.7 cm³/mol. The number of ketones is 1. The third-order valence-electron chi connectivity index (χ3n) is 3.21. The van der Waals surface area contributed by atoms with Gasteiger partial charge in [0.1, 0.15) is 16.9 Å². The van der Waals surface area contributed by atoms with Crippen LogP contribution in [0.5, 0.6) is 5.75 Å². The number of furan rings is 1. The summed E-state index contributed by atoms with van der Waals surface area (Å²) in [6.45, 7) is -0.455. The molecule has 0 unspecified atom stereocenters. The number of phenols is 1. The van der Waals surface area contributed by atoms with Crippen molar-refractivity contribution in [1.29, 1.82) is 0 Å². The van der Waals surface area contributed by atoms with Gasteiger partial charge in [-0.25, -0.2) is 4.79 Å². The third-order valence-corrected chi connectivity index (χ3v) is 3.88. The lowest BCUT2D eigenvalue weighted by Gasteiger charge is -2.05. The Morgan fingerprint density at radius 3 is 2.70 bits per heavy atom. The van der Waals surface area contributed by atoms with E-state index in [0.29, 0.717) is 5.58 Å². The van der Waals surface area contributed by atoms with Crippen LogP contribution < -0.4 is 0 Å². The van der Waals surface area contributed by atoms with E-state index in [9.17, 15) is 14.7 Å². The second kappa shape index (κ2) is 6.41. The van der Waals surface area contributed by atoms with Crippen molar-refractivity contribution in [2.24, 2.45) is 0 Å². The minimum atomic E-state index is -0.759. The Morgan fingerprint density at radius 1 is 1.13 bits per heavy atom. The topological polar surface area (TPSA) is 76.7 Å². The lowest BCUT2D eigenvalue weighted by Crippen LogP contribution is -2.14. The molecular weight excluding hydrogens is 411 g/mol. The first kappa shape index (κ1) is 15.5. The number of benzene rings is 2. The summed E-state index contributed by atoms with van der Waals surface area (Å²) in [5, 5.41) is 10.5. The molecule has 5 nitrogen and oxygen atoms in total. The number of carbonyl (C=O) groups is 2. The quantitative estimate of drug-likeness (QED) is 0.394. The van der Waals surface area contributed by atoms with Crippen molar-refractivity contribution in [3.63, 3.8) is 0 Å². The summed E-state index contributed by atoms with van der Waals surface area (Å²) >= 11 is 2.01. The lowest BCUT2D eigenvalue weighted by atomic mass is 10.2. The standard InChI is InChI=1S/C17H11IO5/c18-11-5-6-13(19)12(8-11)17(21)22-9-14(20)16-7-10-3-1-2-4-15(10)23-16/h1-8,19H,9H2. The summed E-state index contributed by atoms with van der Waals surface area (Å²) < 4.78 is 11.2. The number of rotatable bonds is 4. The zero-order valence-electron chi connectivity index (χ0n) is 11.8. The summed E-state index contributed by atoms with van der Waals surface area (Å²) in [6.07, 6.45) is 0. The average molecular weight is 422 g/mol. The highest BCUT2D eigenvalue weighted by molar-refractivity contribution is 14.1. The van der Waals surface area contributed by atoms with Crippen molar-refractivity contribution < 1.29 is 23.8 Å². The van der Waals surface area contributed by atoms with Crippen molar-refractivity contribution in [3.05, 3.63) is 63.4 Å². The van der Waals surface area contributed by atoms with Gasteiger partial charge in [-0.15, -0.1) is 0 Å². The van der Waals surface area contributed by atoms with Crippen LogP contribution in [0, 0.1) is 3.57 Å². The van der Waals surface area contributed by atoms with Crippen LogP contribution in [-0.4, -0.2) is 23.5 Å². The van der Waals surface area contributed by atoms with E-state index in [1.807, 2.05) is 34.7 Å². The Balaban J connectivity index is 1.71. The summed E-state index contributed by atoms with van der Waals surface area (Å²) in [5.74, 6) is -1.26. The molecule has 0 bridgehead atoms. The predicted octanol–water partition coefficient (Wildman–Crippen LogP) is 3.78. The molecule has 23 heavy (non-hydrogen) atoms. The molecule has 0 saturated carbocycles. The van der Waals surface area contributed by atoms with Gasteiger partial charge in [0.25, 0.3) is 0 Å². The minimum Gasteiger partial charge on any atom is -0.507 e. The summed E-state index contributed by atoms with van der Waals surface area (Å²) in [4.78, 5) is 24.0. The molecule has 116 valence electrons. The highest BCUT2D eigenvalue weighted by Crippen LogP contribution is 2.21. The van der Waals surface area contributed by atoms with Gasteiger partial charge >= 0.3 is 5.97 Å². The van der Waals surface area contributed by atoms with E-state index >= 15 is 0 Å². The molecular formula is C17H11IO5. The number of phenolic OH excluding ortho intramolecular Hbond substituents is 1. The number of ether oxygens (including phenoxy) is 1. The molecule has 0 amide bonds. The normalized spacial score (nSPS) is 10.7. The van der Waals surface area contributed by atoms with Gasteiger partial charge in [0.15, 0.2) is 12.4 Å². The fraction of sp³-hybridized carbons (Fsp3) is 0.0588. The molecule has 0 spiro atoms. The van der Waals surface area contributed by atoms with Crippen LogP contribution in [0.4, 0.5) is 0 Å². The van der Waals surface area contributed by atoms with Crippen LogP contribution in [0.2, 0.25) is 0 Å². The molecule has 6 heteroatoms. The first-order valence-corrected chi connectivity index (χ1v) is 7.80. The summed E-state index contributed by atoms with van der Waals surface area (Å²) in [6, 6.07) is 13.4. The van der Waals surface area contributed by atoms with E-state index < -0.39 is 18.4 Å². The van der Waals surface area contributed by atoms with Crippen molar-refractivity contribution in [3.8, 4) is 5.75 Å². The van der Waals surface area contributed by atoms with Crippen molar-refractivity contribution >= 4 is 45.3 Å². The second-order valence-electron chi connectivity index (χ2n) is 4.81. The zero-order chi connectivity index (χ0) is 16.4. The van der Waals surface area contributed by atoms with Gasteiger partial charge in [-0.3, -0.25) is 4.79 Å². The molecule has 0 aliphatic heterocycles. The monoisotopic (exact) mass is 422 g/mol. The Bertz CT molecular complexity index is 864. The lowest BCUT2D eigenvalue weighted by molar-refractivity contribution is 0.0465. The molecule has 1 N–H and O–H groups in total. The maximum Gasteiger partial charge on any atom is 0.342 e. The number of hydrogen-bond donors (Lipinski definition) is 1. The second-order valence-corrected chi connectivity index (χ2v) is 6.05. The van der Waals surface area contributed by atoms with Crippen molar-refractivity contribution in [2.45, 2.75) is 0 Å². The smallest absolute Gasteiger partial charge is 0.342 e. The highest BCUT2D eigenvalue weighted by atomic mass is 127. The van der Waals surface area contributed by atoms with Crippen molar-refractivity contribution in [2.75, 3.05) is 6.61 Å². The van der Waals surface area contributed by atoms with Gasteiger partial charge < -0.3 is 14.3 Å². The molecule has 0 aliphatic rings. The molecule has 1 aromatic heterocycles. The Hall–Kier alpha value is -2.35. The first-order chi connectivity index (χ1) is 11.0. The number of para-hydroxylation sites is 1. The van der Waals surface area contributed by atoms with Gasteiger partial charge in [-0.2, -0.15) is 0 Å². The first-order valence-electron chi connectivity index (χ1n) is 6.72. The molecule has 0 atom stereocenters. The Morgan fingerprint density at radius 2 is 1.91 bits per heavy atom. The zero-order valence-corrected chi connectivity index (χ0v) is 13.9.